The number of hydrogen-bond donors (Lipinski definition) is 0. The van der Waals surface area contributed by atoms with E-state index >= 15 is 4.39 Å². The molecule has 7 heteroatoms. The van der Waals surface area contributed by atoms with Crippen molar-refractivity contribution in [1.29, 1.82) is 0 Å². The normalized spacial score (nSPS) is 18.5. The summed E-state index contributed by atoms with van der Waals surface area (Å²) in [6.45, 7) is 2.24. The molecule has 0 N–H and O–H groups in total. The predicted octanol–water partition coefficient (Wildman–Crippen LogP) is 4.76. The van der Waals surface area contributed by atoms with Crippen LogP contribution in [0, 0.1) is 17.7 Å². The predicted molar refractivity (Wildman–Crippen MR) is 118 cm³/mol. The van der Waals surface area contributed by atoms with E-state index in [-0.39, 0.29) is 11.7 Å². The van der Waals surface area contributed by atoms with Crippen molar-refractivity contribution in [2.24, 2.45) is 11.8 Å². The van der Waals surface area contributed by atoms with Crippen molar-refractivity contribution in [2.45, 2.75) is 25.8 Å². The third kappa shape index (κ3) is 3.47. The van der Waals surface area contributed by atoms with Crippen molar-refractivity contribution in [3.05, 3.63) is 60.9 Å². The first-order chi connectivity index (χ1) is 15.7. The monoisotopic (exact) mass is 430 g/mol. The molecule has 1 aliphatic carbocycles. The molecule has 6 rings (SSSR count). The Hall–Kier alpha value is -3.48. The molecule has 32 heavy (non-hydrogen) atoms. The molecule has 6 nitrogen and oxygen atoms in total. The summed E-state index contributed by atoms with van der Waals surface area (Å²) < 4.78 is 22.5. The van der Waals surface area contributed by atoms with Crippen LogP contribution >= 0.6 is 0 Å². The molecule has 1 aliphatic heterocycles. The first-order valence-electron chi connectivity index (χ1n) is 11.1. The van der Waals surface area contributed by atoms with Gasteiger partial charge in [-0.25, -0.2) is 4.39 Å². The lowest BCUT2D eigenvalue weighted by molar-refractivity contribution is -0.131. The average molecular weight is 430 g/mol. The van der Waals surface area contributed by atoms with Crippen LogP contribution in [-0.2, 0) is 11.3 Å². The number of likely N-dealkylation sites (tertiary alicyclic amines) is 1. The molecule has 0 spiro atoms. The van der Waals surface area contributed by atoms with Gasteiger partial charge in [0.05, 0.1) is 11.8 Å². The molecule has 0 bridgehead atoms. The van der Waals surface area contributed by atoms with E-state index < -0.39 is 0 Å². The van der Waals surface area contributed by atoms with Gasteiger partial charge in [-0.1, -0.05) is 12.1 Å². The van der Waals surface area contributed by atoms with E-state index in [1.807, 2.05) is 39.8 Å². The van der Waals surface area contributed by atoms with Gasteiger partial charge in [-0.3, -0.25) is 4.79 Å². The Morgan fingerprint density at radius 1 is 1.09 bits per heavy atom. The second-order valence-corrected chi connectivity index (χ2v) is 8.89. The Labute approximate surface area is 184 Å². The van der Waals surface area contributed by atoms with Gasteiger partial charge in [0, 0.05) is 30.9 Å². The Balaban J connectivity index is 1.22. The molecule has 1 saturated carbocycles. The molecule has 2 aromatic carbocycles. The van der Waals surface area contributed by atoms with Gasteiger partial charge in [0.2, 0.25) is 5.91 Å². The van der Waals surface area contributed by atoms with Gasteiger partial charge < -0.3 is 13.9 Å². The Bertz CT molecular complexity index is 1310. The van der Waals surface area contributed by atoms with E-state index in [1.165, 1.54) is 0 Å². The highest BCUT2D eigenvalue weighted by Gasteiger charge is 2.36. The Morgan fingerprint density at radius 2 is 1.94 bits per heavy atom. The number of amides is 1. The van der Waals surface area contributed by atoms with Gasteiger partial charge in [-0.05, 0) is 66.6 Å². The number of nitrogens with zero attached hydrogens (tertiary/aromatic N) is 4. The van der Waals surface area contributed by atoms with Crippen LogP contribution in [0.15, 0.2) is 59.5 Å². The standard InChI is InChI=1S/C25H23FN4O2/c26-22-12-19(18-4-6-23-20(11-18)8-10-32-23)3-5-21(22)24-28-27-15-30(24)14-16-7-9-29(13-16)25(31)17-1-2-17/h3-6,8,10-12,15-17H,1-2,7,9,13-14H2. The van der Waals surface area contributed by atoms with Crippen LogP contribution in [0.4, 0.5) is 4.39 Å². The van der Waals surface area contributed by atoms with Gasteiger partial charge in [0.15, 0.2) is 5.82 Å². The van der Waals surface area contributed by atoms with E-state index in [1.54, 1.807) is 24.7 Å². The maximum atomic E-state index is 15.2. The summed E-state index contributed by atoms with van der Waals surface area (Å²) in [6, 6.07) is 12.9. The topological polar surface area (TPSA) is 64.2 Å². The smallest absolute Gasteiger partial charge is 0.225 e. The number of furan rings is 1. The van der Waals surface area contributed by atoms with Crippen molar-refractivity contribution in [1.82, 2.24) is 19.7 Å². The highest BCUT2D eigenvalue weighted by atomic mass is 19.1. The molecule has 1 saturated heterocycles. The van der Waals surface area contributed by atoms with Crippen LogP contribution in [-0.4, -0.2) is 38.7 Å². The van der Waals surface area contributed by atoms with Gasteiger partial charge in [-0.2, -0.15) is 0 Å². The lowest BCUT2D eigenvalue weighted by Crippen LogP contribution is -2.30. The van der Waals surface area contributed by atoms with E-state index in [9.17, 15) is 4.79 Å². The van der Waals surface area contributed by atoms with E-state index in [0.29, 0.717) is 29.8 Å². The number of hydrogen-bond acceptors (Lipinski definition) is 4. The molecule has 162 valence electrons. The molecule has 1 amide bonds. The zero-order valence-electron chi connectivity index (χ0n) is 17.6. The number of fused-ring (bicyclic) bond motifs is 1. The third-order valence-corrected chi connectivity index (χ3v) is 6.59. The van der Waals surface area contributed by atoms with Crippen molar-refractivity contribution < 1.29 is 13.6 Å². The molecule has 2 fully saturated rings. The number of rotatable bonds is 5. The van der Waals surface area contributed by atoms with Crippen molar-refractivity contribution in [3.63, 3.8) is 0 Å². The molecule has 0 radical (unpaired) electrons. The fraction of sp³-hybridized carbons (Fsp3) is 0.320. The highest BCUT2D eigenvalue weighted by Crippen LogP contribution is 2.34. The van der Waals surface area contributed by atoms with Crippen molar-refractivity contribution in [3.8, 4) is 22.5 Å². The van der Waals surface area contributed by atoms with E-state index in [4.69, 9.17) is 4.42 Å². The van der Waals surface area contributed by atoms with Gasteiger partial charge in [-0.15, -0.1) is 10.2 Å². The fourth-order valence-electron chi connectivity index (χ4n) is 4.67. The number of carbonyl (C=O) groups is 1. The molecule has 4 aromatic rings. The molecule has 1 atom stereocenters. The third-order valence-electron chi connectivity index (χ3n) is 6.59. The summed E-state index contributed by atoms with van der Waals surface area (Å²) in [7, 11) is 0. The summed E-state index contributed by atoms with van der Waals surface area (Å²) in [6.07, 6.45) is 6.31. The fourth-order valence-corrected chi connectivity index (χ4v) is 4.67. The van der Waals surface area contributed by atoms with Gasteiger partial charge in [0.1, 0.15) is 17.7 Å². The quantitative estimate of drug-likeness (QED) is 0.458. The average Bonchev–Trinajstić information content (AvgIpc) is 3.17. The summed E-state index contributed by atoms with van der Waals surface area (Å²) in [5, 5.41) is 9.22. The molecular weight excluding hydrogens is 407 g/mol. The van der Waals surface area contributed by atoms with Gasteiger partial charge in [0.25, 0.3) is 0 Å². The van der Waals surface area contributed by atoms with E-state index in [0.717, 1.165) is 54.4 Å². The van der Waals surface area contributed by atoms with Crippen LogP contribution in [0.25, 0.3) is 33.5 Å². The zero-order chi connectivity index (χ0) is 21.7. The van der Waals surface area contributed by atoms with Crippen LogP contribution in [0.5, 0.6) is 0 Å². The molecular formula is C25H23FN4O2. The second kappa shape index (κ2) is 7.58. The maximum absolute atomic E-state index is 15.2. The molecule has 2 aromatic heterocycles. The van der Waals surface area contributed by atoms with Crippen LogP contribution < -0.4 is 0 Å². The van der Waals surface area contributed by atoms with Crippen LogP contribution in [0.2, 0.25) is 0 Å². The minimum absolute atomic E-state index is 0.251. The largest absolute Gasteiger partial charge is 0.464 e. The first-order valence-corrected chi connectivity index (χ1v) is 11.1. The van der Waals surface area contributed by atoms with Crippen LogP contribution in [0.3, 0.4) is 0 Å². The van der Waals surface area contributed by atoms with E-state index in [2.05, 4.69) is 10.2 Å². The Kier molecular flexibility index (Phi) is 4.56. The van der Waals surface area contributed by atoms with Crippen molar-refractivity contribution in [2.75, 3.05) is 13.1 Å². The molecule has 3 heterocycles. The lowest BCUT2D eigenvalue weighted by atomic mass is 10.0. The number of benzene rings is 2. The number of carbonyl (C=O) groups excluding carboxylic acids is 1. The van der Waals surface area contributed by atoms with Crippen LogP contribution in [0.1, 0.15) is 19.3 Å². The summed E-state index contributed by atoms with van der Waals surface area (Å²) in [5.74, 6) is 1.07. The van der Waals surface area contributed by atoms with Gasteiger partial charge >= 0.3 is 0 Å². The second-order valence-electron chi connectivity index (χ2n) is 8.89. The number of halogens is 1. The van der Waals surface area contributed by atoms with Crippen molar-refractivity contribution >= 4 is 16.9 Å². The zero-order valence-corrected chi connectivity index (χ0v) is 17.6. The Morgan fingerprint density at radius 3 is 2.78 bits per heavy atom. The first kappa shape index (κ1) is 19.2. The molecule has 1 unspecified atom stereocenters. The minimum atomic E-state index is -0.332. The summed E-state index contributed by atoms with van der Waals surface area (Å²) in [4.78, 5) is 14.3. The molecule has 2 aliphatic rings. The SMILES string of the molecule is O=C(C1CC1)N1CCC(Cn2cnnc2-c2ccc(-c3ccc4occc4c3)cc2F)C1. The number of aromatic nitrogens is 3. The maximum Gasteiger partial charge on any atom is 0.225 e. The highest BCUT2D eigenvalue weighted by molar-refractivity contribution is 5.84. The minimum Gasteiger partial charge on any atom is -0.464 e. The summed E-state index contributed by atoms with van der Waals surface area (Å²) in [5.41, 5.74) is 2.96. The summed E-state index contributed by atoms with van der Waals surface area (Å²) >= 11 is 0. The lowest BCUT2D eigenvalue weighted by Gasteiger charge is -2.17.